The van der Waals surface area contributed by atoms with E-state index in [1.165, 1.54) is 6.07 Å². The summed E-state index contributed by atoms with van der Waals surface area (Å²) in [5.74, 6) is -1.62. The van der Waals surface area contributed by atoms with Gasteiger partial charge in [0.25, 0.3) is 5.91 Å². The Morgan fingerprint density at radius 3 is 2.40 bits per heavy atom. The fourth-order valence-corrected chi connectivity index (χ4v) is 3.77. The molecule has 4 N–H and O–H groups in total. The van der Waals surface area contributed by atoms with Gasteiger partial charge < -0.3 is 16.4 Å². The number of nitrogens with two attached hydrogens (primary N) is 1. The van der Waals surface area contributed by atoms with Crippen molar-refractivity contribution >= 4 is 40.7 Å². The first-order valence-electron chi connectivity index (χ1n) is 9.67. The van der Waals surface area contributed by atoms with E-state index in [0.717, 1.165) is 54.5 Å². The van der Waals surface area contributed by atoms with Crippen molar-refractivity contribution in [3.8, 4) is 0 Å². The summed E-state index contributed by atoms with van der Waals surface area (Å²) in [4.78, 5) is 16.9. The zero-order valence-electron chi connectivity index (χ0n) is 16.2. The van der Waals surface area contributed by atoms with E-state index in [9.17, 15) is 13.6 Å². The molecule has 1 aliphatic carbocycles. The number of halogens is 3. The predicted octanol–water partition coefficient (Wildman–Crippen LogP) is 4.67. The van der Waals surface area contributed by atoms with Gasteiger partial charge in [0.15, 0.2) is 11.6 Å². The molecule has 0 radical (unpaired) electrons. The number of hydrogen-bond donors (Lipinski definition) is 3. The molecule has 0 saturated heterocycles. The highest BCUT2D eigenvalue weighted by Crippen LogP contribution is 2.26. The van der Waals surface area contributed by atoms with Crippen LogP contribution in [0, 0.1) is 11.6 Å². The molecule has 0 bridgehead atoms. The maximum absolute atomic E-state index is 13.3. The van der Waals surface area contributed by atoms with Crippen molar-refractivity contribution in [2.45, 2.75) is 37.8 Å². The number of carbonyl (C=O) groups is 1. The number of carbonyl (C=O) groups excluding carboxylic acids is 1. The standard InChI is InChI=1S/C22H22F2N4O.ClH/c23-17-10-5-13(11-18(17)24)22(29)27-15-8-6-14(7-9-15)26-21-12-19(25)16-3-1-2-4-20(16)28-21;/h1-5,10-12,14-15H,6-9H2,(H,27,29)(H3,25,26,28);1H/t14-,15+;. The van der Waals surface area contributed by atoms with Crippen LogP contribution >= 0.6 is 12.4 Å². The van der Waals surface area contributed by atoms with Gasteiger partial charge in [-0.2, -0.15) is 0 Å². The SMILES string of the molecule is Cl.Nc1cc(N[C@H]2CC[C@@H](NC(=O)c3ccc(F)c(F)c3)CC2)nc2ccccc12. The highest BCUT2D eigenvalue weighted by Gasteiger charge is 2.23. The summed E-state index contributed by atoms with van der Waals surface area (Å²) in [7, 11) is 0. The number of nitrogens with zero attached hydrogens (tertiary/aromatic N) is 1. The molecular weight excluding hydrogens is 410 g/mol. The monoisotopic (exact) mass is 432 g/mol. The summed E-state index contributed by atoms with van der Waals surface area (Å²) >= 11 is 0. The van der Waals surface area contributed by atoms with E-state index in [1.807, 2.05) is 30.3 Å². The summed E-state index contributed by atoms with van der Waals surface area (Å²) in [6.07, 6.45) is 3.29. The normalized spacial score (nSPS) is 18.5. The van der Waals surface area contributed by atoms with Gasteiger partial charge in [-0.1, -0.05) is 18.2 Å². The molecule has 2 aromatic carbocycles. The van der Waals surface area contributed by atoms with Crippen molar-refractivity contribution < 1.29 is 13.6 Å². The van der Waals surface area contributed by atoms with Crippen LogP contribution in [-0.4, -0.2) is 23.0 Å². The first kappa shape index (κ1) is 21.8. The molecule has 0 unspecified atom stereocenters. The van der Waals surface area contributed by atoms with Crippen LogP contribution in [0.1, 0.15) is 36.0 Å². The number of pyridine rings is 1. The van der Waals surface area contributed by atoms with Gasteiger partial charge in [-0.05, 0) is 49.9 Å². The smallest absolute Gasteiger partial charge is 0.251 e. The molecule has 1 fully saturated rings. The summed E-state index contributed by atoms with van der Waals surface area (Å²) in [6, 6.07) is 13.0. The van der Waals surface area contributed by atoms with Crippen LogP contribution in [0.5, 0.6) is 0 Å². The Morgan fingerprint density at radius 1 is 0.967 bits per heavy atom. The number of anilines is 2. The molecule has 0 spiro atoms. The van der Waals surface area contributed by atoms with E-state index in [-0.39, 0.29) is 36.0 Å². The number of benzene rings is 2. The van der Waals surface area contributed by atoms with E-state index in [0.29, 0.717) is 5.69 Å². The van der Waals surface area contributed by atoms with Crippen LogP contribution in [0.3, 0.4) is 0 Å². The van der Waals surface area contributed by atoms with E-state index < -0.39 is 11.6 Å². The second-order valence-electron chi connectivity index (χ2n) is 7.41. The van der Waals surface area contributed by atoms with Crippen molar-refractivity contribution in [1.29, 1.82) is 0 Å². The van der Waals surface area contributed by atoms with Crippen molar-refractivity contribution in [3.05, 3.63) is 65.7 Å². The average Bonchev–Trinajstić information content (AvgIpc) is 2.71. The van der Waals surface area contributed by atoms with Gasteiger partial charge in [-0.3, -0.25) is 4.79 Å². The van der Waals surface area contributed by atoms with E-state index >= 15 is 0 Å². The second kappa shape index (κ2) is 9.26. The first-order valence-corrected chi connectivity index (χ1v) is 9.67. The highest BCUT2D eigenvalue weighted by atomic mass is 35.5. The third kappa shape index (κ3) is 4.79. The lowest BCUT2D eigenvalue weighted by atomic mass is 9.91. The quantitative estimate of drug-likeness (QED) is 0.559. The molecule has 1 aliphatic rings. The topological polar surface area (TPSA) is 80.0 Å². The van der Waals surface area contributed by atoms with Crippen LogP contribution in [0.4, 0.5) is 20.3 Å². The summed E-state index contributed by atoms with van der Waals surface area (Å²) < 4.78 is 26.4. The Kier molecular flexibility index (Phi) is 6.72. The predicted molar refractivity (Wildman–Crippen MR) is 117 cm³/mol. The van der Waals surface area contributed by atoms with Crippen LogP contribution in [0.15, 0.2) is 48.5 Å². The third-order valence-corrected chi connectivity index (χ3v) is 5.34. The lowest BCUT2D eigenvalue weighted by Gasteiger charge is -2.30. The minimum atomic E-state index is -1.02. The van der Waals surface area contributed by atoms with Crippen molar-refractivity contribution in [3.63, 3.8) is 0 Å². The molecule has 0 atom stereocenters. The van der Waals surface area contributed by atoms with Crippen LogP contribution in [0.25, 0.3) is 10.9 Å². The Labute approximate surface area is 179 Å². The van der Waals surface area contributed by atoms with Gasteiger partial charge in [-0.15, -0.1) is 12.4 Å². The molecule has 1 amide bonds. The molecule has 30 heavy (non-hydrogen) atoms. The van der Waals surface area contributed by atoms with Crippen molar-refractivity contribution in [2.75, 3.05) is 11.1 Å². The van der Waals surface area contributed by atoms with E-state index in [4.69, 9.17) is 5.73 Å². The fraction of sp³-hybridized carbons (Fsp3) is 0.273. The number of fused-ring (bicyclic) bond motifs is 1. The largest absolute Gasteiger partial charge is 0.398 e. The number of nitrogen functional groups attached to an aromatic ring is 1. The molecule has 1 aromatic heterocycles. The maximum atomic E-state index is 13.3. The number of hydrogen-bond acceptors (Lipinski definition) is 4. The molecule has 4 rings (SSSR count). The molecule has 5 nitrogen and oxygen atoms in total. The summed E-state index contributed by atoms with van der Waals surface area (Å²) in [6.45, 7) is 0. The van der Waals surface area contributed by atoms with Crippen LogP contribution in [-0.2, 0) is 0 Å². The van der Waals surface area contributed by atoms with E-state index in [2.05, 4.69) is 15.6 Å². The van der Waals surface area contributed by atoms with Crippen LogP contribution in [0.2, 0.25) is 0 Å². The minimum absolute atomic E-state index is 0. The van der Waals surface area contributed by atoms with Crippen molar-refractivity contribution in [2.24, 2.45) is 0 Å². The maximum Gasteiger partial charge on any atom is 0.251 e. The van der Waals surface area contributed by atoms with Gasteiger partial charge in [-0.25, -0.2) is 13.8 Å². The zero-order chi connectivity index (χ0) is 20.4. The van der Waals surface area contributed by atoms with Gasteiger partial charge in [0, 0.05) is 34.8 Å². The Balaban J connectivity index is 0.00000256. The number of para-hydroxylation sites is 1. The third-order valence-electron chi connectivity index (χ3n) is 5.34. The van der Waals surface area contributed by atoms with Gasteiger partial charge >= 0.3 is 0 Å². The van der Waals surface area contributed by atoms with Gasteiger partial charge in [0.2, 0.25) is 0 Å². The van der Waals surface area contributed by atoms with Gasteiger partial charge in [0.05, 0.1) is 5.52 Å². The van der Waals surface area contributed by atoms with E-state index in [1.54, 1.807) is 0 Å². The summed E-state index contributed by atoms with van der Waals surface area (Å²) in [5, 5.41) is 7.28. The molecule has 8 heteroatoms. The molecule has 158 valence electrons. The molecule has 0 aliphatic heterocycles. The highest BCUT2D eigenvalue weighted by molar-refractivity contribution is 5.94. The number of aromatic nitrogens is 1. The second-order valence-corrected chi connectivity index (χ2v) is 7.41. The molecule has 1 saturated carbocycles. The number of rotatable bonds is 4. The molecule has 1 heterocycles. The van der Waals surface area contributed by atoms with Gasteiger partial charge in [0.1, 0.15) is 5.82 Å². The lowest BCUT2D eigenvalue weighted by molar-refractivity contribution is 0.0926. The number of nitrogens with one attached hydrogen (secondary N) is 2. The average molecular weight is 433 g/mol. The zero-order valence-corrected chi connectivity index (χ0v) is 17.0. The Morgan fingerprint density at radius 2 is 1.67 bits per heavy atom. The molecular formula is C22H23ClF2N4O. The summed E-state index contributed by atoms with van der Waals surface area (Å²) in [5.41, 5.74) is 7.80. The minimum Gasteiger partial charge on any atom is -0.398 e. The number of amides is 1. The Bertz CT molecular complexity index is 1050. The molecule has 3 aromatic rings. The first-order chi connectivity index (χ1) is 14.0. The fourth-order valence-electron chi connectivity index (χ4n) is 3.77. The Hall–Kier alpha value is -2.93. The van der Waals surface area contributed by atoms with Crippen molar-refractivity contribution in [1.82, 2.24) is 10.3 Å². The van der Waals surface area contributed by atoms with Crippen LogP contribution < -0.4 is 16.4 Å². The lowest BCUT2D eigenvalue weighted by Crippen LogP contribution is -2.40.